The molecule has 0 atom stereocenters. The van der Waals surface area contributed by atoms with Crippen LogP contribution in [0.25, 0.3) is 33.0 Å². The van der Waals surface area contributed by atoms with Crippen LogP contribution in [0.2, 0.25) is 0 Å². The fraction of sp³-hybridized carbons (Fsp3) is 0.290. The Morgan fingerprint density at radius 3 is 2.29 bits per heavy atom. The minimum absolute atomic E-state index is 0.202. The summed E-state index contributed by atoms with van der Waals surface area (Å²) in [5, 5.41) is 13.1. The highest BCUT2D eigenvalue weighted by Gasteiger charge is 2.38. The Hall–Kier alpha value is -3.46. The first kappa shape index (κ1) is 21.1. The van der Waals surface area contributed by atoms with E-state index in [4.69, 9.17) is 4.74 Å². The molecule has 0 bridgehead atoms. The molecule has 1 heterocycles. The lowest BCUT2D eigenvalue weighted by molar-refractivity contribution is 0.413. The first-order valence-corrected chi connectivity index (χ1v) is 12.3. The van der Waals surface area contributed by atoms with Crippen LogP contribution >= 0.6 is 0 Å². The molecule has 0 radical (unpaired) electrons. The maximum atomic E-state index is 11.1. The second-order valence-electron chi connectivity index (χ2n) is 10.2. The molecule has 4 aromatic rings. The molecule has 0 aromatic heterocycles. The molecule has 1 aliphatic carbocycles. The fourth-order valence-corrected chi connectivity index (χ4v) is 5.98. The van der Waals surface area contributed by atoms with Crippen molar-refractivity contribution in [2.75, 3.05) is 25.1 Å². The third-order valence-electron chi connectivity index (χ3n) is 7.85. The predicted octanol–water partition coefficient (Wildman–Crippen LogP) is 7.52. The summed E-state index contributed by atoms with van der Waals surface area (Å²) in [4.78, 5) is 2.44. The molecule has 0 saturated carbocycles. The number of nitrogens with zero attached hydrogens (tertiary/aromatic N) is 1. The van der Waals surface area contributed by atoms with E-state index in [1.54, 1.807) is 7.11 Å². The second-order valence-corrected chi connectivity index (χ2v) is 10.2. The van der Waals surface area contributed by atoms with Gasteiger partial charge in [-0.25, -0.2) is 0 Å². The molecule has 6 rings (SSSR count). The van der Waals surface area contributed by atoms with Crippen molar-refractivity contribution >= 4 is 16.5 Å². The number of ether oxygens (including phenoxy) is 1. The van der Waals surface area contributed by atoms with Gasteiger partial charge in [-0.15, -0.1) is 0 Å². The molecular formula is C31H31NO2. The van der Waals surface area contributed by atoms with Gasteiger partial charge < -0.3 is 14.7 Å². The maximum Gasteiger partial charge on any atom is 0.142 e. The molecule has 0 unspecified atom stereocenters. The van der Waals surface area contributed by atoms with Crippen LogP contribution in [-0.4, -0.2) is 25.3 Å². The van der Waals surface area contributed by atoms with Gasteiger partial charge in [0.2, 0.25) is 0 Å². The molecule has 3 heteroatoms. The molecule has 34 heavy (non-hydrogen) atoms. The second kappa shape index (κ2) is 7.80. The van der Waals surface area contributed by atoms with Crippen molar-refractivity contribution in [3.8, 4) is 33.8 Å². The van der Waals surface area contributed by atoms with Gasteiger partial charge in [0, 0.05) is 23.9 Å². The van der Waals surface area contributed by atoms with Gasteiger partial charge in [-0.05, 0) is 82.3 Å². The molecule has 172 valence electrons. The highest BCUT2D eigenvalue weighted by Crippen LogP contribution is 2.55. The molecule has 0 spiro atoms. The summed E-state index contributed by atoms with van der Waals surface area (Å²) in [5.41, 5.74) is 8.39. The zero-order valence-electron chi connectivity index (χ0n) is 20.2. The molecule has 3 nitrogen and oxygen atoms in total. The largest absolute Gasteiger partial charge is 0.507 e. The van der Waals surface area contributed by atoms with Crippen LogP contribution in [0.15, 0.2) is 66.7 Å². The van der Waals surface area contributed by atoms with Crippen molar-refractivity contribution in [2.45, 2.75) is 38.5 Å². The minimum Gasteiger partial charge on any atom is -0.507 e. The van der Waals surface area contributed by atoms with Crippen LogP contribution < -0.4 is 9.64 Å². The summed E-state index contributed by atoms with van der Waals surface area (Å²) in [7, 11) is 1.72. The predicted molar refractivity (Wildman–Crippen MR) is 141 cm³/mol. The van der Waals surface area contributed by atoms with E-state index >= 15 is 0 Å². The van der Waals surface area contributed by atoms with Crippen LogP contribution in [-0.2, 0) is 5.41 Å². The third kappa shape index (κ3) is 3.10. The van der Waals surface area contributed by atoms with E-state index in [2.05, 4.69) is 73.3 Å². The smallest absolute Gasteiger partial charge is 0.142 e. The van der Waals surface area contributed by atoms with Crippen LogP contribution in [0.4, 0.5) is 5.69 Å². The minimum atomic E-state index is -0.202. The van der Waals surface area contributed by atoms with Gasteiger partial charge in [0.1, 0.15) is 11.5 Å². The number of aromatic hydroxyl groups is 1. The normalized spacial score (nSPS) is 16.4. The number of anilines is 1. The summed E-state index contributed by atoms with van der Waals surface area (Å²) in [6.45, 7) is 6.64. The quantitative estimate of drug-likeness (QED) is 0.351. The number of phenols is 1. The van der Waals surface area contributed by atoms with Gasteiger partial charge in [-0.1, -0.05) is 56.3 Å². The van der Waals surface area contributed by atoms with Gasteiger partial charge >= 0.3 is 0 Å². The lowest BCUT2D eigenvalue weighted by Gasteiger charge is -2.30. The Morgan fingerprint density at radius 1 is 0.794 bits per heavy atom. The summed E-state index contributed by atoms with van der Waals surface area (Å²) in [5.74, 6) is 1.16. The first-order chi connectivity index (χ1) is 16.5. The summed E-state index contributed by atoms with van der Waals surface area (Å²) in [6, 6.07) is 23.6. The van der Waals surface area contributed by atoms with E-state index in [-0.39, 0.29) is 5.41 Å². The van der Waals surface area contributed by atoms with Crippen molar-refractivity contribution in [3.05, 3.63) is 77.9 Å². The molecule has 0 amide bonds. The van der Waals surface area contributed by atoms with Crippen molar-refractivity contribution < 1.29 is 9.84 Å². The average molecular weight is 450 g/mol. The lowest BCUT2D eigenvalue weighted by Crippen LogP contribution is -2.29. The number of fused-ring (bicyclic) bond motifs is 5. The van der Waals surface area contributed by atoms with Crippen LogP contribution in [0.5, 0.6) is 11.5 Å². The van der Waals surface area contributed by atoms with Gasteiger partial charge in [-0.2, -0.15) is 0 Å². The Balaban J connectivity index is 1.60. The number of methoxy groups -OCH3 is 1. The first-order valence-electron chi connectivity index (χ1n) is 12.3. The van der Waals surface area contributed by atoms with E-state index in [0.29, 0.717) is 5.75 Å². The number of phenolic OH excluding ortho intramolecular Hbond substituents is 1. The SMILES string of the molecule is COc1cc2c(O)cc3c(c2cc1N1CCCCC1)-c1ccc(-c2ccccc2)cc1C3(C)C. The van der Waals surface area contributed by atoms with Gasteiger partial charge in [0.25, 0.3) is 0 Å². The topological polar surface area (TPSA) is 32.7 Å². The molecule has 1 fully saturated rings. The summed E-state index contributed by atoms with van der Waals surface area (Å²) < 4.78 is 5.80. The fourth-order valence-electron chi connectivity index (χ4n) is 5.98. The van der Waals surface area contributed by atoms with Crippen molar-refractivity contribution in [1.82, 2.24) is 0 Å². The zero-order chi connectivity index (χ0) is 23.4. The Labute approximate surface area is 201 Å². The molecule has 1 aliphatic heterocycles. The highest BCUT2D eigenvalue weighted by molar-refractivity contribution is 6.07. The standard InChI is InChI=1S/C31H31NO2/c1-31(2)25-16-21(20-10-6-4-7-11-20)12-13-22(25)30-24-17-27(32-14-8-5-9-15-32)29(34-3)18-23(24)28(33)19-26(30)31/h4,6-7,10-13,16-19,33H,5,8-9,14-15H2,1-3H3. The van der Waals surface area contributed by atoms with Gasteiger partial charge in [0.05, 0.1) is 12.8 Å². The lowest BCUT2D eigenvalue weighted by atomic mass is 9.81. The number of rotatable bonds is 3. The van der Waals surface area contributed by atoms with Crippen LogP contribution in [0.3, 0.4) is 0 Å². The van der Waals surface area contributed by atoms with E-state index in [1.807, 2.05) is 12.1 Å². The zero-order valence-corrected chi connectivity index (χ0v) is 20.2. The van der Waals surface area contributed by atoms with Crippen molar-refractivity contribution in [3.63, 3.8) is 0 Å². The highest BCUT2D eigenvalue weighted by atomic mass is 16.5. The van der Waals surface area contributed by atoms with Crippen LogP contribution in [0, 0.1) is 0 Å². The third-order valence-corrected chi connectivity index (χ3v) is 7.85. The molecule has 1 N–H and O–H groups in total. The van der Waals surface area contributed by atoms with Crippen molar-refractivity contribution in [2.24, 2.45) is 0 Å². The molecule has 4 aromatic carbocycles. The van der Waals surface area contributed by atoms with E-state index in [0.717, 1.165) is 35.3 Å². The number of benzene rings is 4. The number of hydrogen-bond acceptors (Lipinski definition) is 3. The van der Waals surface area contributed by atoms with E-state index in [1.165, 1.54) is 52.6 Å². The van der Waals surface area contributed by atoms with E-state index in [9.17, 15) is 5.11 Å². The monoisotopic (exact) mass is 449 g/mol. The Bertz CT molecular complexity index is 1400. The number of hydrogen-bond donors (Lipinski definition) is 1. The van der Waals surface area contributed by atoms with Gasteiger partial charge in [0.15, 0.2) is 0 Å². The number of piperidine rings is 1. The Kier molecular flexibility index (Phi) is 4.84. The van der Waals surface area contributed by atoms with E-state index < -0.39 is 0 Å². The van der Waals surface area contributed by atoms with Crippen molar-refractivity contribution in [1.29, 1.82) is 0 Å². The summed E-state index contributed by atoms with van der Waals surface area (Å²) in [6.07, 6.45) is 3.70. The Morgan fingerprint density at radius 2 is 1.56 bits per heavy atom. The molecular weight excluding hydrogens is 418 g/mol. The maximum absolute atomic E-state index is 11.1. The molecule has 1 saturated heterocycles. The average Bonchev–Trinajstić information content (AvgIpc) is 3.10. The van der Waals surface area contributed by atoms with Gasteiger partial charge in [-0.3, -0.25) is 0 Å². The molecule has 2 aliphatic rings. The summed E-state index contributed by atoms with van der Waals surface area (Å²) >= 11 is 0. The van der Waals surface area contributed by atoms with Crippen LogP contribution in [0.1, 0.15) is 44.2 Å².